The Morgan fingerprint density at radius 1 is 0.974 bits per heavy atom. The van der Waals surface area contributed by atoms with Crippen LogP contribution in [0.1, 0.15) is 48.6 Å². The van der Waals surface area contributed by atoms with E-state index in [-0.39, 0.29) is 24.3 Å². The van der Waals surface area contributed by atoms with E-state index in [9.17, 15) is 14.0 Å². The Hall–Kier alpha value is -3.23. The monoisotopic (exact) mass is 536 g/mol. The zero-order valence-electron chi connectivity index (χ0n) is 22.2. The SMILES string of the molecule is CC(C)c1ccc(NC(=O)N(CCN2CCCC2)CC(=O)N(Cc2ccc(F)cc2)Cc2cccs2)cc1. The second-order valence-corrected chi connectivity index (χ2v) is 11.2. The fraction of sp³-hybridized carbons (Fsp3) is 0.400. The van der Waals surface area contributed by atoms with Crippen LogP contribution in [0.4, 0.5) is 14.9 Å². The zero-order valence-corrected chi connectivity index (χ0v) is 23.1. The van der Waals surface area contributed by atoms with E-state index < -0.39 is 0 Å². The number of carbonyl (C=O) groups excluding carboxylic acids is 2. The molecule has 1 saturated heterocycles. The van der Waals surface area contributed by atoms with Gasteiger partial charge in [0.1, 0.15) is 12.4 Å². The van der Waals surface area contributed by atoms with E-state index in [1.807, 2.05) is 41.8 Å². The number of rotatable bonds is 11. The van der Waals surface area contributed by atoms with Gasteiger partial charge in [0.25, 0.3) is 0 Å². The Bertz CT molecular complexity index is 1160. The number of nitrogens with zero attached hydrogens (tertiary/aromatic N) is 3. The van der Waals surface area contributed by atoms with Crippen molar-refractivity contribution < 1.29 is 14.0 Å². The quantitative estimate of drug-likeness (QED) is 0.319. The van der Waals surface area contributed by atoms with Gasteiger partial charge in [-0.2, -0.15) is 0 Å². The summed E-state index contributed by atoms with van der Waals surface area (Å²) < 4.78 is 13.5. The van der Waals surface area contributed by atoms with Gasteiger partial charge in [-0.05, 0) is 78.7 Å². The van der Waals surface area contributed by atoms with Crippen molar-refractivity contribution in [1.82, 2.24) is 14.7 Å². The van der Waals surface area contributed by atoms with Gasteiger partial charge in [-0.15, -0.1) is 11.3 Å². The van der Waals surface area contributed by atoms with Gasteiger partial charge < -0.3 is 20.0 Å². The third-order valence-corrected chi connectivity index (χ3v) is 7.75. The number of halogens is 1. The van der Waals surface area contributed by atoms with Crippen molar-refractivity contribution in [3.05, 3.63) is 87.9 Å². The molecule has 0 aliphatic carbocycles. The summed E-state index contributed by atoms with van der Waals surface area (Å²) in [6.45, 7) is 8.25. The Balaban J connectivity index is 1.48. The van der Waals surface area contributed by atoms with Crippen LogP contribution < -0.4 is 5.32 Å². The number of urea groups is 1. The first kappa shape index (κ1) is 27.8. The maximum atomic E-state index is 13.6. The van der Waals surface area contributed by atoms with Gasteiger partial charge >= 0.3 is 6.03 Å². The van der Waals surface area contributed by atoms with E-state index in [0.717, 1.165) is 30.1 Å². The third kappa shape index (κ3) is 8.13. The second-order valence-electron chi connectivity index (χ2n) is 10.1. The molecule has 0 saturated carbocycles. The highest BCUT2D eigenvalue weighted by atomic mass is 32.1. The van der Waals surface area contributed by atoms with E-state index in [0.29, 0.717) is 31.2 Å². The molecule has 0 spiro atoms. The van der Waals surface area contributed by atoms with Crippen molar-refractivity contribution in [3.63, 3.8) is 0 Å². The lowest BCUT2D eigenvalue weighted by Crippen LogP contribution is -2.46. The minimum absolute atomic E-state index is 0.0314. The number of hydrogen-bond donors (Lipinski definition) is 1. The lowest BCUT2D eigenvalue weighted by molar-refractivity contribution is -0.133. The maximum Gasteiger partial charge on any atom is 0.322 e. The summed E-state index contributed by atoms with van der Waals surface area (Å²) in [5, 5.41) is 4.97. The number of carbonyl (C=O) groups is 2. The average molecular weight is 537 g/mol. The molecule has 2 aromatic carbocycles. The van der Waals surface area contributed by atoms with Gasteiger partial charge in [0.2, 0.25) is 5.91 Å². The van der Waals surface area contributed by atoms with Crippen LogP contribution in [0.3, 0.4) is 0 Å². The molecule has 0 atom stereocenters. The zero-order chi connectivity index (χ0) is 26.9. The van der Waals surface area contributed by atoms with Gasteiger partial charge in [0.15, 0.2) is 0 Å². The Morgan fingerprint density at radius 2 is 1.68 bits per heavy atom. The van der Waals surface area contributed by atoms with Crippen LogP contribution in [0.25, 0.3) is 0 Å². The van der Waals surface area contributed by atoms with Crippen LogP contribution in [0.2, 0.25) is 0 Å². The van der Waals surface area contributed by atoms with Gasteiger partial charge in [0.05, 0.1) is 6.54 Å². The van der Waals surface area contributed by atoms with Crippen molar-refractivity contribution in [3.8, 4) is 0 Å². The number of likely N-dealkylation sites (tertiary alicyclic amines) is 1. The summed E-state index contributed by atoms with van der Waals surface area (Å²) in [4.78, 5) is 33.8. The van der Waals surface area contributed by atoms with Crippen LogP contribution in [0.15, 0.2) is 66.0 Å². The van der Waals surface area contributed by atoms with Crippen molar-refractivity contribution in [2.45, 2.75) is 45.7 Å². The number of hydrogen-bond acceptors (Lipinski definition) is 4. The minimum Gasteiger partial charge on any atom is -0.332 e. The summed E-state index contributed by atoms with van der Waals surface area (Å²) in [6.07, 6.45) is 2.33. The van der Waals surface area contributed by atoms with Crippen LogP contribution in [0, 0.1) is 5.82 Å². The Morgan fingerprint density at radius 3 is 2.32 bits per heavy atom. The highest BCUT2D eigenvalue weighted by Crippen LogP contribution is 2.19. The second kappa shape index (κ2) is 13.5. The Labute approximate surface area is 229 Å². The molecule has 38 heavy (non-hydrogen) atoms. The van der Waals surface area contributed by atoms with Crippen LogP contribution >= 0.6 is 11.3 Å². The molecule has 8 heteroatoms. The number of benzene rings is 2. The lowest BCUT2D eigenvalue weighted by Gasteiger charge is -2.29. The predicted octanol–water partition coefficient (Wildman–Crippen LogP) is 6.17. The molecule has 1 aliphatic rings. The molecule has 2 heterocycles. The summed E-state index contributed by atoms with van der Waals surface area (Å²) >= 11 is 1.59. The van der Waals surface area contributed by atoms with Crippen LogP contribution in [0.5, 0.6) is 0 Å². The highest BCUT2D eigenvalue weighted by Gasteiger charge is 2.24. The van der Waals surface area contributed by atoms with Crippen molar-refractivity contribution in [1.29, 1.82) is 0 Å². The number of amides is 3. The fourth-order valence-corrected chi connectivity index (χ4v) is 5.29. The number of thiophene rings is 1. The van der Waals surface area contributed by atoms with E-state index >= 15 is 0 Å². The molecule has 3 amide bonds. The first-order valence-electron chi connectivity index (χ1n) is 13.3. The molecule has 0 bridgehead atoms. The van der Waals surface area contributed by atoms with Crippen LogP contribution in [-0.4, -0.2) is 59.4 Å². The normalized spacial score (nSPS) is 13.6. The Kier molecular flexibility index (Phi) is 9.90. The molecule has 1 N–H and O–H groups in total. The van der Waals surface area contributed by atoms with Gasteiger partial charge in [0, 0.05) is 30.2 Å². The first-order chi connectivity index (χ1) is 18.4. The van der Waals surface area contributed by atoms with Gasteiger partial charge in [-0.3, -0.25) is 4.79 Å². The minimum atomic E-state index is -0.309. The molecule has 1 aliphatic heterocycles. The van der Waals surface area contributed by atoms with E-state index in [1.165, 1.54) is 30.5 Å². The van der Waals surface area contributed by atoms with Crippen molar-refractivity contribution >= 4 is 29.0 Å². The standard InChI is InChI=1S/C30H37FN4O2S/c1-23(2)25-9-13-27(14-10-25)32-30(37)34(18-17-33-15-3-4-16-33)22-29(36)35(21-28-6-5-19-38-28)20-24-7-11-26(31)12-8-24/h5-14,19,23H,3-4,15-18,20-22H2,1-2H3,(H,32,37). The molecule has 0 radical (unpaired) electrons. The van der Waals surface area contributed by atoms with Gasteiger partial charge in [-0.25, -0.2) is 9.18 Å². The van der Waals surface area contributed by atoms with E-state index in [2.05, 4.69) is 24.1 Å². The van der Waals surface area contributed by atoms with Crippen molar-refractivity contribution in [2.75, 3.05) is 38.0 Å². The topological polar surface area (TPSA) is 55.9 Å². The summed E-state index contributed by atoms with van der Waals surface area (Å²) in [5.41, 5.74) is 2.75. The van der Waals surface area contributed by atoms with E-state index in [1.54, 1.807) is 33.3 Å². The molecule has 1 aromatic heterocycles. The summed E-state index contributed by atoms with van der Waals surface area (Å²) in [6, 6.07) is 17.7. The molecule has 3 aromatic rings. The largest absolute Gasteiger partial charge is 0.332 e. The van der Waals surface area contributed by atoms with E-state index in [4.69, 9.17) is 0 Å². The first-order valence-corrected chi connectivity index (χ1v) is 14.2. The molecule has 4 rings (SSSR count). The molecule has 6 nitrogen and oxygen atoms in total. The summed E-state index contributed by atoms with van der Waals surface area (Å²) in [5.74, 6) is -0.0460. The van der Waals surface area contributed by atoms with Gasteiger partial charge in [-0.1, -0.05) is 44.2 Å². The number of nitrogens with one attached hydrogen (secondary N) is 1. The summed E-state index contributed by atoms with van der Waals surface area (Å²) in [7, 11) is 0. The molecular weight excluding hydrogens is 499 g/mol. The number of anilines is 1. The highest BCUT2D eigenvalue weighted by molar-refractivity contribution is 7.09. The molecule has 202 valence electrons. The lowest BCUT2D eigenvalue weighted by atomic mass is 10.0. The molecular formula is C30H37FN4O2S. The third-order valence-electron chi connectivity index (χ3n) is 6.89. The van der Waals surface area contributed by atoms with Crippen LogP contribution in [-0.2, 0) is 17.9 Å². The predicted molar refractivity (Wildman–Crippen MR) is 152 cm³/mol. The smallest absolute Gasteiger partial charge is 0.322 e. The average Bonchev–Trinajstić information content (AvgIpc) is 3.62. The molecule has 0 unspecified atom stereocenters. The van der Waals surface area contributed by atoms with Crippen molar-refractivity contribution in [2.24, 2.45) is 0 Å². The fourth-order valence-electron chi connectivity index (χ4n) is 4.57. The maximum absolute atomic E-state index is 13.6. The molecule has 1 fully saturated rings.